The van der Waals surface area contributed by atoms with Gasteiger partial charge in [0.25, 0.3) is 0 Å². The first-order valence-electron chi connectivity index (χ1n) is 11.1. The summed E-state index contributed by atoms with van der Waals surface area (Å²) in [7, 11) is 0. The molecule has 0 rings (SSSR count). The maximum Gasteiger partial charge on any atom is 0.326 e. The molecule has 0 fully saturated rings. The molecule has 35 heavy (non-hydrogen) atoms. The van der Waals surface area contributed by atoms with Crippen LogP contribution in [0, 0.1) is 5.92 Å². The number of carboxylic acids is 2. The van der Waals surface area contributed by atoms with E-state index in [9.17, 15) is 29.1 Å². The topological polar surface area (TPSA) is 252 Å². The fourth-order valence-electron chi connectivity index (χ4n) is 2.87. The van der Waals surface area contributed by atoms with Crippen molar-refractivity contribution in [2.45, 2.75) is 70.1 Å². The molecule has 0 aromatic rings. The lowest BCUT2D eigenvalue weighted by Gasteiger charge is -2.26. The van der Waals surface area contributed by atoms with Crippen LogP contribution >= 0.6 is 12.6 Å². The molecule has 0 aliphatic heterocycles. The molecule has 0 radical (unpaired) electrons. The summed E-state index contributed by atoms with van der Waals surface area (Å²) in [5.41, 5.74) is 16.3. The Morgan fingerprint density at radius 1 is 0.943 bits per heavy atom. The number of carbonyl (C=O) groups excluding carboxylic acids is 3. The van der Waals surface area contributed by atoms with E-state index in [1.165, 1.54) is 0 Å². The van der Waals surface area contributed by atoms with Crippen LogP contribution < -0.4 is 33.2 Å². The number of guanidine groups is 1. The molecule has 200 valence electrons. The lowest BCUT2D eigenvalue weighted by Crippen LogP contribution is -2.58. The zero-order valence-corrected chi connectivity index (χ0v) is 20.8. The Kier molecular flexibility index (Phi) is 15.1. The van der Waals surface area contributed by atoms with E-state index in [0.717, 1.165) is 0 Å². The van der Waals surface area contributed by atoms with Gasteiger partial charge in [0.05, 0.1) is 6.04 Å². The van der Waals surface area contributed by atoms with E-state index >= 15 is 0 Å². The van der Waals surface area contributed by atoms with Crippen LogP contribution in [0.2, 0.25) is 0 Å². The molecule has 0 saturated heterocycles. The summed E-state index contributed by atoms with van der Waals surface area (Å²) in [4.78, 5) is 64.1. The second-order valence-electron chi connectivity index (χ2n) is 8.00. The van der Waals surface area contributed by atoms with Crippen LogP contribution in [0.4, 0.5) is 0 Å². The molecule has 0 heterocycles. The monoisotopic (exact) mass is 519 g/mol. The number of amides is 3. The number of hydrogen-bond donors (Lipinski definition) is 9. The minimum atomic E-state index is -1.35. The first kappa shape index (κ1) is 31.9. The van der Waals surface area contributed by atoms with Gasteiger partial charge in [-0.2, -0.15) is 12.6 Å². The lowest BCUT2D eigenvalue weighted by atomic mass is 9.98. The number of nitrogens with zero attached hydrogens (tertiary/aromatic N) is 1. The van der Waals surface area contributed by atoms with E-state index in [1.807, 2.05) is 0 Å². The van der Waals surface area contributed by atoms with Crippen LogP contribution in [0.5, 0.6) is 0 Å². The van der Waals surface area contributed by atoms with Crippen LogP contribution in [-0.4, -0.2) is 82.3 Å². The highest BCUT2D eigenvalue weighted by molar-refractivity contribution is 7.80. The summed E-state index contributed by atoms with van der Waals surface area (Å²) in [5.74, 6) is -5.41. The number of nitrogens with one attached hydrogen (secondary N) is 3. The van der Waals surface area contributed by atoms with Gasteiger partial charge < -0.3 is 43.4 Å². The number of aliphatic imine (C=N–C) groups is 1. The molecule has 0 aromatic carbocycles. The van der Waals surface area contributed by atoms with Gasteiger partial charge in [0.15, 0.2) is 5.96 Å². The highest BCUT2D eigenvalue weighted by Gasteiger charge is 2.31. The second-order valence-corrected chi connectivity index (χ2v) is 8.37. The maximum absolute atomic E-state index is 12.7. The van der Waals surface area contributed by atoms with Crippen molar-refractivity contribution >= 4 is 48.2 Å². The summed E-state index contributed by atoms with van der Waals surface area (Å²) >= 11 is 4.05. The van der Waals surface area contributed by atoms with E-state index in [4.69, 9.17) is 22.3 Å². The van der Waals surface area contributed by atoms with Gasteiger partial charge in [0, 0.05) is 18.7 Å². The number of carbonyl (C=O) groups is 5. The largest absolute Gasteiger partial charge is 0.481 e. The third-order valence-electron chi connectivity index (χ3n) is 5.18. The number of rotatable bonds is 17. The third kappa shape index (κ3) is 12.8. The van der Waals surface area contributed by atoms with Crippen molar-refractivity contribution in [2.75, 3.05) is 12.3 Å². The lowest BCUT2D eigenvalue weighted by molar-refractivity contribution is -0.144. The van der Waals surface area contributed by atoms with Gasteiger partial charge in [0.2, 0.25) is 17.7 Å². The minimum Gasteiger partial charge on any atom is -0.481 e. The van der Waals surface area contributed by atoms with Gasteiger partial charge in [-0.3, -0.25) is 24.2 Å². The molecule has 11 N–H and O–H groups in total. The van der Waals surface area contributed by atoms with Gasteiger partial charge >= 0.3 is 11.9 Å². The average Bonchev–Trinajstić information content (AvgIpc) is 2.79. The Balaban J connectivity index is 5.26. The molecule has 5 unspecified atom stereocenters. The fourth-order valence-corrected chi connectivity index (χ4v) is 3.13. The molecule has 0 saturated carbocycles. The Bertz CT molecular complexity index is 777. The van der Waals surface area contributed by atoms with Gasteiger partial charge in [-0.1, -0.05) is 20.3 Å². The van der Waals surface area contributed by atoms with Gasteiger partial charge in [0.1, 0.15) is 18.1 Å². The molecule has 0 bridgehead atoms. The predicted molar refractivity (Wildman–Crippen MR) is 131 cm³/mol. The molecule has 0 aromatic heterocycles. The molecule has 0 spiro atoms. The molecule has 3 amide bonds. The SMILES string of the molecule is CCC(C)C(NC(=O)C(CCC(=O)O)NC(=O)C(CS)NC(=O)C(N)CCCN=C(N)N)C(=O)O. The summed E-state index contributed by atoms with van der Waals surface area (Å²) in [5, 5.41) is 25.5. The normalized spacial score (nSPS) is 15.0. The predicted octanol–water partition coefficient (Wildman–Crippen LogP) is -2.25. The first-order chi connectivity index (χ1) is 16.3. The van der Waals surface area contributed by atoms with E-state index in [2.05, 4.69) is 33.6 Å². The van der Waals surface area contributed by atoms with E-state index in [0.29, 0.717) is 12.8 Å². The number of nitrogens with two attached hydrogens (primary N) is 3. The van der Waals surface area contributed by atoms with Gasteiger partial charge in [-0.25, -0.2) is 4.79 Å². The highest BCUT2D eigenvalue weighted by Crippen LogP contribution is 2.09. The van der Waals surface area contributed by atoms with Crippen LogP contribution in [-0.2, 0) is 24.0 Å². The highest BCUT2D eigenvalue weighted by atomic mass is 32.1. The second kappa shape index (κ2) is 16.5. The number of hydrogen-bond acceptors (Lipinski definition) is 8. The fraction of sp³-hybridized carbons (Fsp3) is 0.700. The van der Waals surface area contributed by atoms with Crippen LogP contribution in [0.15, 0.2) is 4.99 Å². The molecular weight excluding hydrogens is 482 g/mol. The standard InChI is InChI=1S/C20H37N7O7S/c1-3-10(2)15(19(33)34)27-17(31)12(6-7-14(28)29)25-18(32)13(9-35)26-16(30)11(21)5-4-8-24-20(22)23/h10-13,15,35H,3-9,21H2,1-2H3,(H,25,32)(H,26,30)(H,27,31)(H,28,29)(H,33,34)(H4,22,23,24). The van der Waals surface area contributed by atoms with E-state index < -0.39 is 66.2 Å². The van der Waals surface area contributed by atoms with E-state index in [-0.39, 0.29) is 31.1 Å². The minimum absolute atomic E-state index is 0.0878. The van der Waals surface area contributed by atoms with E-state index in [1.54, 1.807) is 13.8 Å². The molecule has 0 aliphatic carbocycles. The van der Waals surface area contributed by atoms with Crippen molar-refractivity contribution in [2.24, 2.45) is 28.1 Å². The van der Waals surface area contributed by atoms with Crippen molar-refractivity contribution in [1.29, 1.82) is 0 Å². The molecule has 14 nitrogen and oxygen atoms in total. The van der Waals surface area contributed by atoms with Crippen molar-refractivity contribution in [1.82, 2.24) is 16.0 Å². The van der Waals surface area contributed by atoms with Crippen LogP contribution in [0.25, 0.3) is 0 Å². The van der Waals surface area contributed by atoms with Crippen molar-refractivity contribution in [3.63, 3.8) is 0 Å². The van der Waals surface area contributed by atoms with Gasteiger partial charge in [-0.05, 0) is 25.2 Å². The Morgan fingerprint density at radius 2 is 1.51 bits per heavy atom. The molecular formula is C20H37N7O7S. The Hall–Kier alpha value is -3.07. The number of aliphatic carboxylic acids is 2. The van der Waals surface area contributed by atoms with Crippen molar-refractivity contribution in [3.8, 4) is 0 Å². The maximum atomic E-state index is 12.7. The van der Waals surface area contributed by atoms with Crippen LogP contribution in [0.1, 0.15) is 46.0 Å². The summed E-state index contributed by atoms with van der Waals surface area (Å²) in [6, 6.07) is -4.72. The molecule has 0 aliphatic rings. The zero-order chi connectivity index (χ0) is 27.1. The third-order valence-corrected chi connectivity index (χ3v) is 5.54. The van der Waals surface area contributed by atoms with Crippen LogP contribution in [0.3, 0.4) is 0 Å². The Morgan fingerprint density at radius 3 is 2.00 bits per heavy atom. The quantitative estimate of drug-likeness (QED) is 0.0431. The summed E-state index contributed by atoms with van der Waals surface area (Å²) < 4.78 is 0. The average molecular weight is 520 g/mol. The molecule has 5 atom stereocenters. The summed E-state index contributed by atoms with van der Waals surface area (Å²) in [6.07, 6.45) is 0.362. The summed E-state index contributed by atoms with van der Waals surface area (Å²) in [6.45, 7) is 3.66. The van der Waals surface area contributed by atoms with Crippen molar-refractivity contribution in [3.05, 3.63) is 0 Å². The van der Waals surface area contributed by atoms with Gasteiger partial charge in [-0.15, -0.1) is 0 Å². The Labute approximate surface area is 209 Å². The number of carboxylic acid groups (broad SMARTS) is 2. The zero-order valence-electron chi connectivity index (χ0n) is 19.9. The van der Waals surface area contributed by atoms with Crippen molar-refractivity contribution < 1.29 is 34.2 Å². The number of thiol groups is 1. The molecule has 15 heteroatoms. The smallest absolute Gasteiger partial charge is 0.326 e. The first-order valence-corrected chi connectivity index (χ1v) is 11.7.